The Bertz CT molecular complexity index is 820. The van der Waals surface area contributed by atoms with Gasteiger partial charge < -0.3 is 4.42 Å². The molecule has 5 nitrogen and oxygen atoms in total. The number of benzene rings is 1. The molecule has 1 aromatic heterocycles. The summed E-state index contributed by atoms with van der Waals surface area (Å²) in [5.41, 5.74) is 0. The first-order chi connectivity index (χ1) is 12.6. The maximum absolute atomic E-state index is 13.0. The van der Waals surface area contributed by atoms with Crippen molar-refractivity contribution in [2.24, 2.45) is 11.8 Å². The summed E-state index contributed by atoms with van der Waals surface area (Å²) in [6, 6.07) is 13.1. The molecule has 140 valence electrons. The van der Waals surface area contributed by atoms with Crippen molar-refractivity contribution in [2.75, 3.05) is 20.1 Å². The first kappa shape index (κ1) is 17.8. The number of hydrogen-bond donors (Lipinski definition) is 0. The molecule has 0 bridgehead atoms. The molecule has 0 unspecified atom stereocenters. The van der Waals surface area contributed by atoms with Crippen molar-refractivity contribution in [1.29, 1.82) is 0 Å². The summed E-state index contributed by atoms with van der Waals surface area (Å²) < 4.78 is 33.2. The molecule has 2 fully saturated rings. The van der Waals surface area contributed by atoms with Gasteiger partial charge in [-0.2, -0.15) is 4.31 Å². The van der Waals surface area contributed by atoms with Crippen LogP contribution in [0.4, 0.5) is 0 Å². The van der Waals surface area contributed by atoms with Gasteiger partial charge in [0.05, 0.1) is 17.7 Å². The Hall–Kier alpha value is -1.63. The van der Waals surface area contributed by atoms with E-state index in [0.29, 0.717) is 35.9 Å². The first-order valence-corrected chi connectivity index (χ1v) is 10.8. The average Bonchev–Trinajstić information content (AvgIpc) is 3.31. The molecule has 4 rings (SSSR count). The summed E-state index contributed by atoms with van der Waals surface area (Å²) in [6.45, 7) is 2.04. The number of sulfonamides is 1. The van der Waals surface area contributed by atoms with Crippen LogP contribution in [0.15, 0.2) is 58.0 Å². The van der Waals surface area contributed by atoms with Crippen LogP contribution in [0.25, 0.3) is 0 Å². The lowest BCUT2D eigenvalue weighted by Crippen LogP contribution is -2.43. The minimum absolute atomic E-state index is 0.391. The molecule has 0 amide bonds. The third kappa shape index (κ3) is 3.33. The van der Waals surface area contributed by atoms with Crippen LogP contribution in [-0.4, -0.2) is 43.8 Å². The van der Waals surface area contributed by atoms with Crippen molar-refractivity contribution in [3.8, 4) is 0 Å². The molecule has 1 aromatic carbocycles. The molecule has 2 aromatic rings. The average molecular weight is 375 g/mol. The zero-order valence-corrected chi connectivity index (χ0v) is 15.9. The molecule has 1 aliphatic carbocycles. The molecule has 0 N–H and O–H groups in total. The number of fused-ring (bicyclic) bond motifs is 1. The number of furan rings is 1. The molecular weight excluding hydrogens is 348 g/mol. The lowest BCUT2D eigenvalue weighted by atomic mass is 9.77. The Morgan fingerprint density at radius 2 is 1.92 bits per heavy atom. The highest BCUT2D eigenvalue weighted by Gasteiger charge is 2.45. The zero-order chi connectivity index (χ0) is 18.1. The van der Waals surface area contributed by atoms with Gasteiger partial charge in [-0.25, -0.2) is 8.42 Å². The van der Waals surface area contributed by atoms with Crippen LogP contribution in [0.5, 0.6) is 0 Å². The Morgan fingerprint density at radius 1 is 1.12 bits per heavy atom. The highest BCUT2D eigenvalue weighted by atomic mass is 32.2. The van der Waals surface area contributed by atoms with Gasteiger partial charge in [-0.1, -0.05) is 24.6 Å². The second-order valence-electron chi connectivity index (χ2n) is 7.55. The van der Waals surface area contributed by atoms with E-state index in [0.717, 1.165) is 31.6 Å². The van der Waals surface area contributed by atoms with E-state index in [1.165, 1.54) is 0 Å². The van der Waals surface area contributed by atoms with Crippen molar-refractivity contribution in [1.82, 2.24) is 9.21 Å². The Kier molecular flexibility index (Phi) is 4.90. The molecule has 0 radical (unpaired) electrons. The minimum atomic E-state index is -3.40. The predicted molar refractivity (Wildman–Crippen MR) is 100.0 cm³/mol. The van der Waals surface area contributed by atoms with Crippen molar-refractivity contribution >= 4 is 10.0 Å². The first-order valence-electron chi connectivity index (χ1n) is 9.33. The van der Waals surface area contributed by atoms with E-state index in [2.05, 4.69) is 11.9 Å². The Balaban J connectivity index is 1.51. The second kappa shape index (κ2) is 7.18. The summed E-state index contributed by atoms with van der Waals surface area (Å²) in [5.74, 6) is 1.80. The van der Waals surface area contributed by atoms with Gasteiger partial charge in [0.25, 0.3) is 0 Å². The summed E-state index contributed by atoms with van der Waals surface area (Å²) in [4.78, 5) is 2.74. The fraction of sp³-hybridized carbons (Fsp3) is 0.500. The Morgan fingerprint density at radius 3 is 2.65 bits per heavy atom. The van der Waals surface area contributed by atoms with Crippen LogP contribution in [0.3, 0.4) is 0 Å². The summed E-state index contributed by atoms with van der Waals surface area (Å²) in [5, 5.41) is 0. The molecule has 0 spiro atoms. The highest BCUT2D eigenvalue weighted by Crippen LogP contribution is 2.40. The van der Waals surface area contributed by atoms with E-state index in [9.17, 15) is 8.42 Å². The summed E-state index contributed by atoms with van der Waals surface area (Å²) in [7, 11) is -1.27. The Labute approximate surface area is 155 Å². The van der Waals surface area contributed by atoms with Crippen LogP contribution in [0.1, 0.15) is 25.0 Å². The fourth-order valence-electron chi connectivity index (χ4n) is 4.65. The molecule has 2 heterocycles. The van der Waals surface area contributed by atoms with E-state index in [1.54, 1.807) is 34.8 Å². The van der Waals surface area contributed by atoms with Gasteiger partial charge in [0.15, 0.2) is 0 Å². The lowest BCUT2D eigenvalue weighted by Gasteiger charge is -2.38. The van der Waals surface area contributed by atoms with Gasteiger partial charge in [-0.15, -0.1) is 0 Å². The van der Waals surface area contributed by atoms with Gasteiger partial charge in [0, 0.05) is 19.1 Å². The SMILES string of the molecule is CN(Cc1ccco1)[C@@H]1CCC[C@@H]2CN(S(=O)(=O)c3ccccc3)C[C@@H]21. The quantitative estimate of drug-likeness (QED) is 0.806. The van der Waals surface area contributed by atoms with Crippen LogP contribution < -0.4 is 0 Å². The third-order valence-corrected chi connectivity index (χ3v) is 7.81. The van der Waals surface area contributed by atoms with Gasteiger partial charge >= 0.3 is 0 Å². The number of rotatable bonds is 5. The standard InChI is InChI=1S/C20H26N2O3S/c1-21(14-17-8-6-12-25-17)20-11-5-7-16-13-22(15-19(16)20)26(23,24)18-9-3-2-4-10-18/h2-4,6,8-10,12,16,19-20H,5,7,11,13-15H2,1H3/t16-,19+,20-/m1/s1. The van der Waals surface area contributed by atoms with Crippen molar-refractivity contribution < 1.29 is 12.8 Å². The van der Waals surface area contributed by atoms with Gasteiger partial charge in [0.1, 0.15) is 5.76 Å². The third-order valence-electron chi connectivity index (χ3n) is 5.96. The summed E-state index contributed by atoms with van der Waals surface area (Å²) >= 11 is 0. The molecule has 6 heteroatoms. The van der Waals surface area contributed by atoms with Crippen molar-refractivity contribution in [3.63, 3.8) is 0 Å². The van der Waals surface area contributed by atoms with Crippen LogP contribution in [-0.2, 0) is 16.6 Å². The molecule has 1 aliphatic heterocycles. The largest absolute Gasteiger partial charge is 0.468 e. The molecule has 2 aliphatic rings. The van der Waals surface area contributed by atoms with E-state index >= 15 is 0 Å². The second-order valence-corrected chi connectivity index (χ2v) is 9.49. The molecule has 3 atom stereocenters. The molecule has 1 saturated heterocycles. The normalized spacial score (nSPS) is 26.9. The lowest BCUT2D eigenvalue weighted by molar-refractivity contribution is 0.0999. The van der Waals surface area contributed by atoms with Crippen LogP contribution in [0, 0.1) is 11.8 Å². The number of nitrogens with zero attached hydrogens (tertiary/aromatic N) is 2. The molecule has 26 heavy (non-hydrogen) atoms. The zero-order valence-electron chi connectivity index (χ0n) is 15.1. The van der Waals surface area contributed by atoms with E-state index in [-0.39, 0.29) is 0 Å². The van der Waals surface area contributed by atoms with E-state index < -0.39 is 10.0 Å². The van der Waals surface area contributed by atoms with E-state index in [4.69, 9.17) is 4.42 Å². The fourth-order valence-corrected chi connectivity index (χ4v) is 6.21. The predicted octanol–water partition coefficient (Wildman–Crippen LogP) is 3.20. The van der Waals surface area contributed by atoms with Crippen LogP contribution in [0.2, 0.25) is 0 Å². The topological polar surface area (TPSA) is 53.8 Å². The van der Waals surface area contributed by atoms with Gasteiger partial charge in [-0.3, -0.25) is 4.90 Å². The van der Waals surface area contributed by atoms with E-state index in [1.807, 2.05) is 18.2 Å². The smallest absolute Gasteiger partial charge is 0.243 e. The monoisotopic (exact) mass is 374 g/mol. The molecule has 1 saturated carbocycles. The molecular formula is C20H26N2O3S. The van der Waals surface area contributed by atoms with Crippen molar-refractivity contribution in [2.45, 2.75) is 36.7 Å². The minimum Gasteiger partial charge on any atom is -0.468 e. The van der Waals surface area contributed by atoms with Gasteiger partial charge in [-0.05, 0) is 56.0 Å². The maximum Gasteiger partial charge on any atom is 0.243 e. The maximum atomic E-state index is 13.0. The highest BCUT2D eigenvalue weighted by molar-refractivity contribution is 7.89. The number of hydrogen-bond acceptors (Lipinski definition) is 4. The summed E-state index contributed by atoms with van der Waals surface area (Å²) in [6.07, 6.45) is 5.11. The van der Waals surface area contributed by atoms with Crippen molar-refractivity contribution in [3.05, 3.63) is 54.5 Å². The van der Waals surface area contributed by atoms with Gasteiger partial charge in [0.2, 0.25) is 10.0 Å². The van der Waals surface area contributed by atoms with Crippen LogP contribution >= 0.6 is 0 Å².